The monoisotopic (exact) mass is 297 g/mol. The molecule has 0 N–H and O–H groups in total. The second kappa shape index (κ2) is 6.44. The van der Waals surface area contributed by atoms with E-state index in [2.05, 4.69) is 34.1 Å². The molecular weight excluding hydrogens is 274 g/mol. The summed E-state index contributed by atoms with van der Waals surface area (Å²) >= 11 is 0. The van der Waals surface area contributed by atoms with E-state index in [1.165, 1.54) is 10.9 Å². The molecule has 0 unspecified atom stereocenters. The van der Waals surface area contributed by atoms with Gasteiger partial charge < -0.3 is 4.90 Å². The topological polar surface area (TPSA) is 36.4 Å². The average Bonchev–Trinajstić information content (AvgIpc) is 2.94. The molecule has 1 aromatic heterocycles. The number of carbonyl (C=O) groups is 1. The highest BCUT2D eigenvalue weighted by atomic mass is 16.2. The summed E-state index contributed by atoms with van der Waals surface area (Å²) in [4.78, 5) is 20.2. The maximum Gasteiger partial charge on any atom is 0.236 e. The van der Waals surface area contributed by atoms with Gasteiger partial charge in [-0.25, -0.2) is 0 Å². The smallest absolute Gasteiger partial charge is 0.236 e. The molecule has 1 aliphatic heterocycles. The molecule has 1 atom stereocenters. The largest absolute Gasteiger partial charge is 0.348 e. The zero-order chi connectivity index (χ0) is 15.5. The first-order valence-electron chi connectivity index (χ1n) is 7.88. The molecule has 22 heavy (non-hydrogen) atoms. The van der Waals surface area contributed by atoms with Crippen LogP contribution in [0.1, 0.15) is 12.0 Å². The van der Waals surface area contributed by atoms with Crippen molar-refractivity contribution in [2.75, 3.05) is 33.7 Å². The van der Waals surface area contributed by atoms with Crippen LogP contribution in [0.5, 0.6) is 0 Å². The molecule has 0 radical (unpaired) electrons. The van der Waals surface area contributed by atoms with Gasteiger partial charge in [-0.1, -0.05) is 18.2 Å². The molecule has 4 heteroatoms. The van der Waals surface area contributed by atoms with Crippen LogP contribution in [-0.2, 0) is 11.2 Å². The summed E-state index contributed by atoms with van der Waals surface area (Å²) in [5.41, 5.74) is 2.44. The molecule has 1 amide bonds. The number of likely N-dealkylation sites (tertiary alicyclic amines) is 1. The predicted molar refractivity (Wildman–Crippen MR) is 88.7 cm³/mol. The number of likely N-dealkylation sites (N-methyl/N-ethyl adjacent to an activating group) is 1. The molecule has 3 rings (SSSR count). The van der Waals surface area contributed by atoms with E-state index >= 15 is 0 Å². The molecule has 0 aliphatic carbocycles. The molecule has 1 fully saturated rings. The zero-order valence-electron chi connectivity index (χ0n) is 13.3. The van der Waals surface area contributed by atoms with Gasteiger partial charge in [-0.3, -0.25) is 14.7 Å². The Kier molecular flexibility index (Phi) is 4.39. The van der Waals surface area contributed by atoms with Gasteiger partial charge in [-0.2, -0.15) is 0 Å². The van der Waals surface area contributed by atoms with Gasteiger partial charge in [0.25, 0.3) is 0 Å². The third kappa shape index (κ3) is 3.28. The molecule has 2 aromatic rings. The second-order valence-corrected chi connectivity index (χ2v) is 6.37. The molecule has 1 aliphatic rings. The molecular formula is C18H23N3O. The molecule has 1 saturated heterocycles. The minimum atomic E-state index is 0.190. The summed E-state index contributed by atoms with van der Waals surface area (Å²) in [6.45, 7) is 2.57. The zero-order valence-corrected chi connectivity index (χ0v) is 13.3. The maximum absolute atomic E-state index is 11.8. The van der Waals surface area contributed by atoms with Crippen LogP contribution in [0.25, 0.3) is 10.9 Å². The molecule has 4 nitrogen and oxygen atoms in total. The minimum Gasteiger partial charge on any atom is -0.348 e. The second-order valence-electron chi connectivity index (χ2n) is 6.37. The Labute approximate surface area is 131 Å². The molecule has 0 spiro atoms. The molecule has 2 heterocycles. The Morgan fingerprint density at radius 2 is 2.14 bits per heavy atom. The fraction of sp³-hybridized carbons (Fsp3) is 0.444. The van der Waals surface area contributed by atoms with E-state index in [4.69, 9.17) is 0 Å². The van der Waals surface area contributed by atoms with E-state index in [0.29, 0.717) is 12.5 Å². The van der Waals surface area contributed by atoms with Crippen LogP contribution in [-0.4, -0.2) is 54.4 Å². The summed E-state index contributed by atoms with van der Waals surface area (Å²) in [6.07, 6.45) is 4.13. The highest BCUT2D eigenvalue weighted by Crippen LogP contribution is 2.24. The van der Waals surface area contributed by atoms with Gasteiger partial charge in [0.2, 0.25) is 5.91 Å². The predicted octanol–water partition coefficient (Wildman–Crippen LogP) is 2.19. The number of para-hydroxylation sites is 1. The number of aromatic nitrogens is 1. The Hall–Kier alpha value is -1.94. The van der Waals surface area contributed by atoms with Crippen LogP contribution >= 0.6 is 0 Å². The van der Waals surface area contributed by atoms with E-state index in [9.17, 15) is 4.79 Å². The van der Waals surface area contributed by atoms with Gasteiger partial charge in [0.1, 0.15) is 0 Å². The van der Waals surface area contributed by atoms with E-state index < -0.39 is 0 Å². The number of hydrogen-bond donors (Lipinski definition) is 0. The van der Waals surface area contributed by atoms with Crippen LogP contribution < -0.4 is 0 Å². The molecule has 116 valence electrons. The number of carbonyl (C=O) groups excluding carboxylic acids is 1. The Balaban J connectivity index is 1.66. The first-order valence-corrected chi connectivity index (χ1v) is 7.88. The number of benzene rings is 1. The first kappa shape index (κ1) is 15.0. The molecule has 0 bridgehead atoms. The third-order valence-corrected chi connectivity index (χ3v) is 4.48. The number of fused-ring (bicyclic) bond motifs is 1. The van der Waals surface area contributed by atoms with E-state index in [0.717, 1.165) is 31.4 Å². The van der Waals surface area contributed by atoms with Crippen molar-refractivity contribution < 1.29 is 4.79 Å². The summed E-state index contributed by atoms with van der Waals surface area (Å²) < 4.78 is 0. The first-order chi connectivity index (χ1) is 10.6. The highest BCUT2D eigenvalue weighted by molar-refractivity contribution is 5.81. The fourth-order valence-corrected chi connectivity index (χ4v) is 3.20. The van der Waals surface area contributed by atoms with Gasteiger partial charge >= 0.3 is 0 Å². The van der Waals surface area contributed by atoms with Gasteiger partial charge in [0.15, 0.2) is 0 Å². The van der Waals surface area contributed by atoms with E-state index in [1.807, 2.05) is 26.4 Å². The van der Waals surface area contributed by atoms with Crippen LogP contribution in [0.2, 0.25) is 0 Å². The van der Waals surface area contributed by atoms with E-state index in [-0.39, 0.29) is 5.91 Å². The number of nitrogens with zero attached hydrogens (tertiary/aromatic N) is 3. The standard InChI is InChI=1S/C18H23N3O/c1-20(2)18(22)13-21-10-8-14(12-21)11-15-7-9-19-17-6-4-3-5-16(15)17/h3-7,9,14H,8,10-13H2,1-2H3/t14-/m0/s1. The summed E-state index contributed by atoms with van der Waals surface area (Å²) in [5, 5.41) is 1.26. The van der Waals surface area contributed by atoms with Crippen molar-refractivity contribution in [2.24, 2.45) is 5.92 Å². The highest BCUT2D eigenvalue weighted by Gasteiger charge is 2.25. The van der Waals surface area contributed by atoms with Crippen LogP contribution in [0.4, 0.5) is 0 Å². The van der Waals surface area contributed by atoms with Crippen molar-refractivity contribution in [3.63, 3.8) is 0 Å². The number of hydrogen-bond acceptors (Lipinski definition) is 3. The average molecular weight is 297 g/mol. The minimum absolute atomic E-state index is 0.190. The SMILES string of the molecule is CN(C)C(=O)CN1CC[C@@H](Cc2ccnc3ccccc23)C1. The van der Waals surface area contributed by atoms with Crippen LogP contribution in [0.3, 0.4) is 0 Å². The maximum atomic E-state index is 11.8. The summed E-state index contributed by atoms with van der Waals surface area (Å²) in [7, 11) is 3.64. The molecule has 0 saturated carbocycles. The van der Waals surface area contributed by atoms with Crippen molar-refractivity contribution in [1.29, 1.82) is 0 Å². The van der Waals surface area contributed by atoms with Gasteiger partial charge in [-0.15, -0.1) is 0 Å². The van der Waals surface area contributed by atoms with E-state index in [1.54, 1.807) is 4.90 Å². The number of rotatable bonds is 4. The lowest BCUT2D eigenvalue weighted by atomic mass is 9.96. The summed E-state index contributed by atoms with van der Waals surface area (Å²) in [5.74, 6) is 0.816. The number of pyridine rings is 1. The quantitative estimate of drug-likeness (QED) is 0.868. The van der Waals surface area contributed by atoms with Crippen LogP contribution in [0, 0.1) is 5.92 Å². The van der Waals surface area contributed by atoms with Crippen molar-refractivity contribution in [1.82, 2.24) is 14.8 Å². The van der Waals surface area contributed by atoms with Crippen molar-refractivity contribution in [3.8, 4) is 0 Å². The van der Waals surface area contributed by atoms with Gasteiger partial charge in [-0.05, 0) is 43.0 Å². The van der Waals surface area contributed by atoms with Gasteiger partial charge in [0.05, 0.1) is 12.1 Å². The van der Waals surface area contributed by atoms with Crippen molar-refractivity contribution in [2.45, 2.75) is 12.8 Å². The molecule has 1 aromatic carbocycles. The Morgan fingerprint density at radius 1 is 1.32 bits per heavy atom. The lowest BCUT2D eigenvalue weighted by Gasteiger charge is -2.18. The lowest BCUT2D eigenvalue weighted by molar-refractivity contribution is -0.129. The summed E-state index contributed by atoms with van der Waals surface area (Å²) in [6, 6.07) is 10.5. The third-order valence-electron chi connectivity index (χ3n) is 4.48. The number of amides is 1. The van der Waals surface area contributed by atoms with Crippen LogP contribution in [0.15, 0.2) is 36.5 Å². The van der Waals surface area contributed by atoms with Crippen molar-refractivity contribution >= 4 is 16.8 Å². The fourth-order valence-electron chi connectivity index (χ4n) is 3.20. The van der Waals surface area contributed by atoms with Gasteiger partial charge in [0, 0.05) is 32.2 Å². The lowest BCUT2D eigenvalue weighted by Crippen LogP contribution is -2.35. The van der Waals surface area contributed by atoms with Crippen molar-refractivity contribution in [3.05, 3.63) is 42.1 Å². The Bertz CT molecular complexity index is 663. The Morgan fingerprint density at radius 3 is 2.95 bits per heavy atom. The normalized spacial score (nSPS) is 18.7.